The van der Waals surface area contributed by atoms with E-state index < -0.39 is 22.7 Å². The standard InChI is InChI=1S/C58H71F3N10O9S/c1-40-56(41(2)80-67-40)43-33-49(62)57-53(34-43)70(39-65-57)37-42-10-6-12-46(32-42)79-25-9-15-55(72)64-21-26-76-28-30-78-31-29-77-27-24-69(4)81(73,74)47-16-17-51(54(36-47)75-5)63-20-8-11-45-35-48-50(66-44-18-22-68(3)23-19-44)13-7-14-52(48)71(45)38-58(59,60)61/h6-7,10,12-14,16-17,32-36,39,44,63,66H,9,15,18-31,37-38,62H2,1-5H3,(H,64,72). The zero-order valence-electron chi connectivity index (χ0n) is 46.4. The van der Waals surface area contributed by atoms with Crippen LogP contribution in [0.3, 0.4) is 0 Å². The molecule has 0 spiro atoms. The van der Waals surface area contributed by atoms with Crippen molar-refractivity contribution in [3.63, 3.8) is 0 Å². The molecule has 1 fully saturated rings. The van der Waals surface area contributed by atoms with E-state index >= 15 is 0 Å². The molecule has 1 aliphatic heterocycles. The summed E-state index contributed by atoms with van der Waals surface area (Å²) in [6.07, 6.45) is 0.0109. The van der Waals surface area contributed by atoms with Crippen LogP contribution in [-0.2, 0) is 42.1 Å². The van der Waals surface area contributed by atoms with E-state index in [9.17, 15) is 26.4 Å². The number of nitrogens with one attached hydrogen (secondary N) is 3. The maximum absolute atomic E-state index is 13.8. The zero-order chi connectivity index (χ0) is 57.5. The maximum atomic E-state index is 13.8. The van der Waals surface area contributed by atoms with E-state index in [1.807, 2.05) is 54.8 Å². The molecule has 0 bridgehead atoms. The van der Waals surface area contributed by atoms with Crippen molar-refractivity contribution < 1.29 is 54.6 Å². The number of sulfonamides is 1. The Morgan fingerprint density at radius 2 is 1.67 bits per heavy atom. The van der Waals surface area contributed by atoms with Gasteiger partial charge in [-0.15, -0.1) is 0 Å². The number of likely N-dealkylation sites (tertiary alicyclic amines) is 1. The minimum Gasteiger partial charge on any atom is -0.495 e. The summed E-state index contributed by atoms with van der Waals surface area (Å²) in [4.78, 5) is 19.3. The number of alkyl halides is 3. The van der Waals surface area contributed by atoms with Crippen LogP contribution in [0.15, 0.2) is 94.6 Å². The number of hydrogen-bond acceptors (Lipinski definition) is 15. The van der Waals surface area contributed by atoms with Gasteiger partial charge in [0.25, 0.3) is 0 Å². The van der Waals surface area contributed by atoms with Crippen LogP contribution in [0.2, 0.25) is 0 Å². The van der Waals surface area contributed by atoms with Crippen LogP contribution in [0.1, 0.15) is 48.4 Å². The van der Waals surface area contributed by atoms with Crippen LogP contribution < -0.4 is 31.2 Å². The highest BCUT2D eigenvalue weighted by atomic mass is 32.2. The van der Waals surface area contributed by atoms with Gasteiger partial charge in [0.2, 0.25) is 15.9 Å². The molecule has 19 nitrogen and oxygen atoms in total. The number of methoxy groups -OCH3 is 1. The van der Waals surface area contributed by atoms with E-state index in [4.69, 9.17) is 33.9 Å². The van der Waals surface area contributed by atoms with Crippen molar-refractivity contribution in [2.45, 2.75) is 69.7 Å². The number of amides is 1. The minimum atomic E-state index is -4.46. The molecular formula is C58H71F3N10O9S. The molecule has 3 aromatic heterocycles. The molecule has 1 aliphatic rings. The summed E-state index contributed by atoms with van der Waals surface area (Å²) >= 11 is 0. The molecule has 7 aromatic rings. The van der Waals surface area contributed by atoms with Gasteiger partial charge in [-0.25, -0.2) is 13.4 Å². The number of nitrogens with zero attached hydrogens (tertiary/aromatic N) is 6. The molecule has 0 unspecified atom stereocenters. The van der Waals surface area contributed by atoms with Crippen molar-refractivity contribution in [1.82, 2.24) is 33.8 Å². The van der Waals surface area contributed by atoms with Gasteiger partial charge >= 0.3 is 6.18 Å². The van der Waals surface area contributed by atoms with Gasteiger partial charge in [-0.3, -0.25) is 4.79 Å². The molecule has 1 amide bonds. The Balaban J connectivity index is 0.675. The summed E-state index contributed by atoms with van der Waals surface area (Å²) < 4.78 is 106. The third-order valence-electron chi connectivity index (χ3n) is 13.8. The van der Waals surface area contributed by atoms with Gasteiger partial charge in [-0.2, -0.15) is 17.5 Å². The Morgan fingerprint density at radius 1 is 0.914 bits per heavy atom. The van der Waals surface area contributed by atoms with Crippen molar-refractivity contribution >= 4 is 54.9 Å². The lowest BCUT2D eigenvalue weighted by Gasteiger charge is -2.30. The van der Waals surface area contributed by atoms with Crippen molar-refractivity contribution in [1.29, 1.82) is 0 Å². The predicted molar refractivity (Wildman–Crippen MR) is 305 cm³/mol. The SMILES string of the molecule is COc1cc(S(=O)(=O)N(C)CCOCCOCCOCCNC(=O)CCCOc2cccc(Cn3cnc4c(N)cc(-c5c(C)noc5C)cc43)c2)ccc1NCC#Cc1cc2c(NC3CCN(C)CC3)cccc2n1CC(F)(F)F. The van der Waals surface area contributed by atoms with Gasteiger partial charge in [-0.05, 0) is 125 Å². The summed E-state index contributed by atoms with van der Waals surface area (Å²) in [5.41, 5.74) is 14.1. The quantitative estimate of drug-likeness (QED) is 0.0207. The normalized spacial score (nSPS) is 13.4. The third kappa shape index (κ3) is 16.2. The minimum absolute atomic E-state index is 0.000769. The second-order valence-corrected chi connectivity index (χ2v) is 21.9. The van der Waals surface area contributed by atoms with Crippen molar-refractivity contribution in [3.05, 3.63) is 108 Å². The number of likely N-dealkylation sites (N-methyl/N-ethyl adjacent to an activating group) is 1. The number of fused-ring (bicyclic) bond motifs is 2. The van der Waals surface area contributed by atoms with E-state index in [2.05, 4.69) is 55.9 Å². The van der Waals surface area contributed by atoms with Crippen molar-refractivity contribution in [2.24, 2.45) is 0 Å². The number of nitrogen functional groups attached to an aromatic ring is 1. The molecule has 4 aromatic carbocycles. The number of piperidine rings is 1. The lowest BCUT2D eigenvalue weighted by Crippen LogP contribution is -2.36. The second kappa shape index (κ2) is 27.9. The van der Waals surface area contributed by atoms with Crippen molar-refractivity contribution in [3.8, 4) is 34.5 Å². The van der Waals surface area contributed by atoms with Gasteiger partial charge in [0.05, 0.1) is 105 Å². The number of benzene rings is 4. The molecule has 8 rings (SSSR count). The highest BCUT2D eigenvalue weighted by Gasteiger charge is 2.30. The number of halogens is 3. The molecule has 0 saturated carbocycles. The van der Waals surface area contributed by atoms with Crippen LogP contribution in [-0.4, -0.2) is 155 Å². The lowest BCUT2D eigenvalue weighted by molar-refractivity contribution is -0.140. The van der Waals surface area contributed by atoms with Gasteiger partial charge < -0.3 is 63.9 Å². The Morgan fingerprint density at radius 3 is 2.41 bits per heavy atom. The summed E-state index contributed by atoms with van der Waals surface area (Å²) in [5.74, 6) is 7.42. The van der Waals surface area contributed by atoms with Crippen LogP contribution in [0.25, 0.3) is 33.1 Å². The molecule has 0 radical (unpaired) electrons. The average Bonchev–Trinajstić information content (AvgIpc) is 4.37. The van der Waals surface area contributed by atoms with E-state index in [0.717, 1.165) is 70.8 Å². The number of anilines is 3. The fourth-order valence-electron chi connectivity index (χ4n) is 9.58. The molecule has 0 atom stereocenters. The summed E-state index contributed by atoms with van der Waals surface area (Å²) in [6.45, 7) is 7.45. The number of nitrogens with two attached hydrogens (primary N) is 1. The fraction of sp³-hybridized carbons (Fsp3) is 0.431. The van der Waals surface area contributed by atoms with Crippen molar-refractivity contribution in [2.75, 3.05) is 117 Å². The van der Waals surface area contributed by atoms with E-state index in [0.29, 0.717) is 80.4 Å². The molecule has 434 valence electrons. The first kappa shape index (κ1) is 59.8. The Kier molecular flexibility index (Phi) is 20.6. The highest BCUT2D eigenvalue weighted by molar-refractivity contribution is 7.89. The molecule has 5 N–H and O–H groups in total. The Bertz CT molecular complexity index is 3400. The number of aryl methyl sites for hydroxylation is 2. The van der Waals surface area contributed by atoms with Crippen LogP contribution in [0, 0.1) is 25.7 Å². The molecule has 1 saturated heterocycles. The number of ether oxygens (including phenoxy) is 5. The molecule has 23 heteroatoms. The molecule has 0 aliphatic carbocycles. The number of rotatable bonds is 28. The molecule has 4 heterocycles. The molecular weight excluding hydrogens is 1070 g/mol. The Hall–Kier alpha value is -7.33. The van der Waals surface area contributed by atoms with Gasteiger partial charge in [-0.1, -0.05) is 29.3 Å². The number of imidazole rings is 1. The van der Waals surface area contributed by atoms with Crippen LogP contribution >= 0.6 is 0 Å². The van der Waals surface area contributed by atoms with E-state index in [1.165, 1.54) is 35.2 Å². The summed E-state index contributed by atoms with van der Waals surface area (Å²) in [5, 5.41) is 14.3. The van der Waals surface area contributed by atoms with E-state index in [1.54, 1.807) is 30.6 Å². The first-order valence-corrected chi connectivity index (χ1v) is 28.3. The average molecular weight is 1140 g/mol. The van der Waals surface area contributed by atoms with Gasteiger partial charge in [0.15, 0.2) is 0 Å². The number of carbonyl (C=O) groups is 1. The number of carbonyl (C=O) groups excluding carboxylic acids is 1. The molecule has 81 heavy (non-hydrogen) atoms. The largest absolute Gasteiger partial charge is 0.495 e. The summed E-state index contributed by atoms with van der Waals surface area (Å²) in [7, 11) is 1.01. The first-order valence-electron chi connectivity index (χ1n) is 26.9. The topological polar surface area (TPSA) is 215 Å². The monoisotopic (exact) mass is 1140 g/mol. The fourth-order valence-corrected chi connectivity index (χ4v) is 10.8. The second-order valence-electron chi connectivity index (χ2n) is 19.8. The maximum Gasteiger partial charge on any atom is 0.406 e. The third-order valence-corrected chi connectivity index (χ3v) is 15.7. The van der Waals surface area contributed by atoms with E-state index in [-0.39, 0.29) is 61.2 Å². The lowest BCUT2D eigenvalue weighted by atomic mass is 10.0. The number of aromatic nitrogens is 4. The highest BCUT2D eigenvalue weighted by Crippen LogP contribution is 2.35. The number of hydrogen-bond donors (Lipinski definition) is 4. The van der Waals surface area contributed by atoms with Crippen LogP contribution in [0.4, 0.5) is 30.2 Å². The predicted octanol–water partition coefficient (Wildman–Crippen LogP) is 8.08. The smallest absolute Gasteiger partial charge is 0.406 e. The first-order chi connectivity index (χ1) is 39.0. The summed E-state index contributed by atoms with van der Waals surface area (Å²) in [6, 6.07) is 23.4. The van der Waals surface area contributed by atoms with Gasteiger partial charge in [0.1, 0.15) is 29.3 Å². The zero-order valence-corrected chi connectivity index (χ0v) is 47.2. The Labute approximate surface area is 470 Å². The van der Waals surface area contributed by atoms with Crippen LogP contribution in [0.5, 0.6) is 11.5 Å². The van der Waals surface area contributed by atoms with Gasteiger partial charge in [0, 0.05) is 61.8 Å².